The van der Waals surface area contributed by atoms with Gasteiger partial charge in [-0.25, -0.2) is 0 Å². The molecule has 0 aliphatic carbocycles. The Balaban J connectivity index is 2.30. The lowest BCUT2D eigenvalue weighted by Gasteiger charge is -2.04. The first-order valence-electron chi connectivity index (χ1n) is 5.09. The van der Waals surface area contributed by atoms with Gasteiger partial charge in [0.1, 0.15) is 5.69 Å². The summed E-state index contributed by atoms with van der Waals surface area (Å²) < 4.78 is 0.921. The van der Waals surface area contributed by atoms with Crippen molar-refractivity contribution in [2.24, 2.45) is 0 Å². The Morgan fingerprint density at radius 2 is 2.00 bits per heavy atom. The van der Waals surface area contributed by atoms with Gasteiger partial charge < -0.3 is 0 Å². The Bertz CT molecular complexity index is 563. The van der Waals surface area contributed by atoms with Crippen LogP contribution >= 0.6 is 15.9 Å². The van der Waals surface area contributed by atoms with Gasteiger partial charge in [-0.1, -0.05) is 40.7 Å². The van der Waals surface area contributed by atoms with E-state index >= 15 is 0 Å². The van der Waals surface area contributed by atoms with E-state index in [9.17, 15) is 4.79 Å². The van der Waals surface area contributed by atoms with Gasteiger partial charge in [0.2, 0.25) is 5.78 Å². The van der Waals surface area contributed by atoms with Gasteiger partial charge in [-0.05, 0) is 29.8 Å². The largest absolute Gasteiger partial charge is 0.287 e. The third kappa shape index (κ3) is 2.68. The van der Waals surface area contributed by atoms with Crippen molar-refractivity contribution in [2.45, 2.75) is 0 Å². The van der Waals surface area contributed by atoms with E-state index in [4.69, 9.17) is 0 Å². The third-order valence-corrected chi connectivity index (χ3v) is 2.84. The van der Waals surface area contributed by atoms with E-state index in [0.717, 1.165) is 10.0 Å². The summed E-state index contributed by atoms with van der Waals surface area (Å²) in [5, 5.41) is 0. The van der Waals surface area contributed by atoms with E-state index in [0.29, 0.717) is 11.3 Å². The van der Waals surface area contributed by atoms with E-state index in [1.165, 1.54) is 0 Å². The zero-order valence-corrected chi connectivity index (χ0v) is 10.6. The smallest absolute Gasteiger partial charge is 0.211 e. The van der Waals surface area contributed by atoms with Gasteiger partial charge >= 0.3 is 0 Å². The molecule has 17 heavy (non-hydrogen) atoms. The van der Waals surface area contributed by atoms with Crippen molar-refractivity contribution in [3.05, 3.63) is 71.0 Å². The van der Waals surface area contributed by atoms with Crippen molar-refractivity contribution in [3.63, 3.8) is 0 Å². The number of carbonyl (C=O) groups is 1. The summed E-state index contributed by atoms with van der Waals surface area (Å²) in [6.45, 7) is 3.83. The quantitative estimate of drug-likeness (QED) is 0.636. The molecular formula is C14H10BrNO. The molecule has 1 aromatic heterocycles. The fraction of sp³-hybridized carbons (Fsp3) is 0. The molecule has 0 spiro atoms. The second-order valence-corrected chi connectivity index (χ2v) is 4.45. The number of ketones is 1. The molecule has 0 atom stereocenters. The zero-order chi connectivity index (χ0) is 12.3. The standard InChI is InChI=1S/C14H10BrNO/c1-10(11-5-4-6-12(15)9-11)14(17)13-7-2-3-8-16-13/h2-9H,1H2. The van der Waals surface area contributed by atoms with E-state index in [1.807, 2.05) is 24.3 Å². The predicted octanol–water partition coefficient (Wildman–Crippen LogP) is 3.74. The number of aromatic nitrogens is 1. The number of nitrogens with zero attached hydrogens (tertiary/aromatic N) is 1. The van der Waals surface area contributed by atoms with Crippen LogP contribution in [0.3, 0.4) is 0 Å². The molecule has 0 fully saturated rings. The van der Waals surface area contributed by atoms with Crippen LogP contribution in [0.15, 0.2) is 59.7 Å². The summed E-state index contributed by atoms with van der Waals surface area (Å²) in [5.41, 5.74) is 1.66. The molecule has 0 aliphatic heterocycles. The molecule has 2 aromatic rings. The number of rotatable bonds is 3. The fourth-order valence-electron chi connectivity index (χ4n) is 1.46. The molecule has 0 unspecified atom stereocenters. The van der Waals surface area contributed by atoms with Crippen LogP contribution in [0.5, 0.6) is 0 Å². The Hall–Kier alpha value is -1.74. The minimum Gasteiger partial charge on any atom is -0.287 e. The van der Waals surface area contributed by atoms with Gasteiger partial charge in [0.25, 0.3) is 0 Å². The topological polar surface area (TPSA) is 30.0 Å². The van der Waals surface area contributed by atoms with Crippen LogP contribution in [-0.2, 0) is 0 Å². The van der Waals surface area contributed by atoms with Crippen molar-refractivity contribution < 1.29 is 4.79 Å². The minimum atomic E-state index is -0.149. The maximum absolute atomic E-state index is 12.1. The Labute approximate surface area is 108 Å². The molecule has 1 aromatic carbocycles. The van der Waals surface area contributed by atoms with Crippen molar-refractivity contribution in [3.8, 4) is 0 Å². The van der Waals surface area contributed by atoms with Gasteiger partial charge in [-0.15, -0.1) is 0 Å². The zero-order valence-electron chi connectivity index (χ0n) is 9.06. The van der Waals surface area contributed by atoms with Crippen LogP contribution in [0.2, 0.25) is 0 Å². The maximum atomic E-state index is 12.1. The highest BCUT2D eigenvalue weighted by Gasteiger charge is 2.12. The Kier molecular flexibility index (Phi) is 3.49. The molecule has 1 heterocycles. The first-order valence-corrected chi connectivity index (χ1v) is 5.88. The number of Topliss-reactive ketones (excluding diaryl/α,β-unsaturated/α-hetero) is 1. The van der Waals surface area contributed by atoms with Crippen molar-refractivity contribution >= 4 is 27.3 Å². The molecule has 0 amide bonds. The van der Waals surface area contributed by atoms with Crippen molar-refractivity contribution in [2.75, 3.05) is 0 Å². The van der Waals surface area contributed by atoms with Gasteiger partial charge in [-0.2, -0.15) is 0 Å². The SMILES string of the molecule is C=C(C(=O)c1ccccn1)c1cccc(Br)c1. The van der Waals surface area contributed by atoms with Crippen molar-refractivity contribution in [1.82, 2.24) is 4.98 Å². The summed E-state index contributed by atoms with van der Waals surface area (Å²) in [6, 6.07) is 12.7. The van der Waals surface area contributed by atoms with E-state index < -0.39 is 0 Å². The van der Waals surface area contributed by atoms with Crippen LogP contribution in [-0.4, -0.2) is 10.8 Å². The molecule has 0 saturated heterocycles. The molecule has 2 nitrogen and oxygen atoms in total. The predicted molar refractivity (Wildman–Crippen MR) is 71.7 cm³/mol. The van der Waals surface area contributed by atoms with Crippen LogP contribution in [0, 0.1) is 0 Å². The van der Waals surface area contributed by atoms with Gasteiger partial charge in [0, 0.05) is 16.2 Å². The number of pyridine rings is 1. The monoisotopic (exact) mass is 287 g/mol. The number of hydrogen-bond acceptors (Lipinski definition) is 2. The summed E-state index contributed by atoms with van der Waals surface area (Å²) >= 11 is 3.37. The lowest BCUT2D eigenvalue weighted by atomic mass is 10.0. The molecular weight excluding hydrogens is 278 g/mol. The minimum absolute atomic E-state index is 0.149. The molecule has 0 N–H and O–H groups in total. The maximum Gasteiger partial charge on any atom is 0.211 e. The van der Waals surface area contributed by atoms with Crippen LogP contribution in [0.1, 0.15) is 16.1 Å². The van der Waals surface area contributed by atoms with Crippen LogP contribution < -0.4 is 0 Å². The molecule has 0 bridgehead atoms. The van der Waals surface area contributed by atoms with E-state index in [1.54, 1.807) is 24.4 Å². The Morgan fingerprint density at radius 3 is 2.65 bits per heavy atom. The second-order valence-electron chi connectivity index (χ2n) is 3.53. The molecule has 0 aliphatic rings. The number of benzene rings is 1. The average molecular weight is 288 g/mol. The van der Waals surface area contributed by atoms with Crippen molar-refractivity contribution in [1.29, 1.82) is 0 Å². The highest BCUT2D eigenvalue weighted by Crippen LogP contribution is 2.20. The summed E-state index contributed by atoms with van der Waals surface area (Å²) in [5.74, 6) is -0.149. The third-order valence-electron chi connectivity index (χ3n) is 2.34. The van der Waals surface area contributed by atoms with Crippen LogP contribution in [0.25, 0.3) is 5.57 Å². The fourth-order valence-corrected chi connectivity index (χ4v) is 1.86. The van der Waals surface area contributed by atoms with Crippen LogP contribution in [0.4, 0.5) is 0 Å². The Morgan fingerprint density at radius 1 is 1.18 bits per heavy atom. The van der Waals surface area contributed by atoms with E-state index in [2.05, 4.69) is 27.5 Å². The summed E-state index contributed by atoms with van der Waals surface area (Å²) in [7, 11) is 0. The highest BCUT2D eigenvalue weighted by atomic mass is 79.9. The first-order chi connectivity index (χ1) is 8.18. The number of hydrogen-bond donors (Lipinski definition) is 0. The first kappa shape index (κ1) is 11.7. The van der Waals surface area contributed by atoms with E-state index in [-0.39, 0.29) is 5.78 Å². The summed E-state index contributed by atoms with van der Waals surface area (Å²) in [4.78, 5) is 16.1. The van der Waals surface area contributed by atoms with Gasteiger partial charge in [0.15, 0.2) is 0 Å². The molecule has 0 saturated carbocycles. The highest BCUT2D eigenvalue weighted by molar-refractivity contribution is 9.10. The van der Waals surface area contributed by atoms with Gasteiger partial charge in [-0.3, -0.25) is 9.78 Å². The molecule has 3 heteroatoms. The average Bonchev–Trinajstić information content (AvgIpc) is 2.38. The normalized spacial score (nSPS) is 9.94. The lowest BCUT2D eigenvalue weighted by molar-refractivity contribution is 0.105. The summed E-state index contributed by atoms with van der Waals surface area (Å²) in [6.07, 6.45) is 1.60. The number of carbonyl (C=O) groups excluding carboxylic acids is 1. The second kappa shape index (κ2) is 5.06. The molecule has 0 radical (unpaired) electrons. The lowest BCUT2D eigenvalue weighted by Crippen LogP contribution is -2.03. The molecule has 2 rings (SSSR count). The number of allylic oxidation sites excluding steroid dienone is 1. The molecule has 84 valence electrons. The number of halogens is 1. The van der Waals surface area contributed by atoms with Gasteiger partial charge in [0.05, 0.1) is 0 Å².